The third-order valence-electron chi connectivity index (χ3n) is 4.96. The van der Waals surface area contributed by atoms with Crippen LogP contribution >= 0.6 is 0 Å². The van der Waals surface area contributed by atoms with E-state index in [2.05, 4.69) is 46.0 Å². The molecule has 1 aliphatic heterocycles. The number of aliphatic imine (C=N–C) groups is 1. The van der Waals surface area contributed by atoms with E-state index in [-0.39, 0.29) is 0 Å². The minimum atomic E-state index is 0.365. The first-order valence-electron chi connectivity index (χ1n) is 10.6. The van der Waals surface area contributed by atoms with Crippen molar-refractivity contribution in [1.29, 1.82) is 0 Å². The monoisotopic (exact) mass is 399 g/mol. The smallest absolute Gasteiger partial charge is 0.190 e. The van der Waals surface area contributed by atoms with Gasteiger partial charge in [-0.05, 0) is 48.6 Å². The van der Waals surface area contributed by atoms with Crippen LogP contribution in [0.2, 0.25) is 0 Å². The van der Waals surface area contributed by atoms with E-state index in [0.717, 1.165) is 70.3 Å². The molecule has 0 aromatic heterocycles. The summed E-state index contributed by atoms with van der Waals surface area (Å²) < 4.78 is 17.1. The maximum Gasteiger partial charge on any atom is 0.190 e. The predicted molar refractivity (Wildman–Crippen MR) is 118 cm³/mol. The molecule has 2 aromatic carbocycles. The number of nitrogens with zero attached hydrogens (tertiary/aromatic N) is 1. The van der Waals surface area contributed by atoms with Gasteiger partial charge in [0.25, 0.3) is 0 Å². The van der Waals surface area contributed by atoms with Gasteiger partial charge in [0.15, 0.2) is 5.96 Å². The van der Waals surface area contributed by atoms with Crippen molar-refractivity contribution in [1.82, 2.24) is 10.6 Å². The van der Waals surface area contributed by atoms with Gasteiger partial charge in [-0.25, -0.2) is 0 Å². The van der Waals surface area contributed by atoms with Crippen molar-refractivity contribution in [3.63, 3.8) is 0 Å². The van der Waals surface area contributed by atoms with Gasteiger partial charge in [-0.1, -0.05) is 30.3 Å². The third-order valence-corrected chi connectivity index (χ3v) is 4.96. The first-order chi connectivity index (χ1) is 14.3. The van der Waals surface area contributed by atoms with E-state index in [1.807, 2.05) is 12.1 Å². The Morgan fingerprint density at radius 3 is 2.48 bits per heavy atom. The van der Waals surface area contributed by atoms with Crippen LogP contribution in [-0.4, -0.2) is 58.6 Å². The maximum absolute atomic E-state index is 5.88. The van der Waals surface area contributed by atoms with E-state index < -0.39 is 0 Å². The average molecular weight is 400 g/mol. The third kappa shape index (κ3) is 7.55. The molecule has 0 spiro atoms. The van der Waals surface area contributed by atoms with Crippen molar-refractivity contribution in [2.45, 2.75) is 31.8 Å². The van der Waals surface area contributed by atoms with Gasteiger partial charge in [0, 0.05) is 40.0 Å². The quantitative estimate of drug-likeness (QED) is 0.364. The van der Waals surface area contributed by atoms with Gasteiger partial charge in [0.2, 0.25) is 0 Å². The molecule has 0 radical (unpaired) electrons. The number of benzene rings is 2. The topological polar surface area (TPSA) is 64.1 Å². The Kier molecular flexibility index (Phi) is 9.07. The maximum atomic E-state index is 5.88. The Hall–Kier alpha value is -2.31. The largest absolute Gasteiger partial charge is 0.494 e. The van der Waals surface area contributed by atoms with Gasteiger partial charge in [0.05, 0.1) is 12.7 Å². The normalized spacial score (nSPS) is 15.4. The van der Waals surface area contributed by atoms with Crippen LogP contribution < -0.4 is 15.4 Å². The molecule has 1 saturated heterocycles. The summed E-state index contributed by atoms with van der Waals surface area (Å²) in [6.07, 6.45) is 4.25. The molecule has 0 amide bonds. The lowest BCUT2D eigenvalue weighted by molar-refractivity contribution is -0.0320. The Labute approximate surface area is 173 Å². The standard InChI is InChI=1S/C23H33N3O3/c1-24-23(25-12-4-14-28-21-10-16-27-17-11-21)26-13-5-15-29-22-9-8-19-6-2-3-7-20(19)18-22/h2-3,6-9,18,21H,4-5,10-17H2,1H3,(H2,24,25,26). The molecule has 2 aromatic rings. The summed E-state index contributed by atoms with van der Waals surface area (Å²) in [7, 11) is 1.79. The van der Waals surface area contributed by atoms with Crippen LogP contribution in [0.25, 0.3) is 10.8 Å². The number of ether oxygens (including phenoxy) is 3. The van der Waals surface area contributed by atoms with Crippen molar-refractivity contribution in [2.24, 2.45) is 4.99 Å². The lowest BCUT2D eigenvalue weighted by Gasteiger charge is -2.22. The van der Waals surface area contributed by atoms with Crippen LogP contribution in [0.5, 0.6) is 5.75 Å². The van der Waals surface area contributed by atoms with Crippen LogP contribution in [0.3, 0.4) is 0 Å². The second-order valence-corrected chi connectivity index (χ2v) is 7.17. The van der Waals surface area contributed by atoms with Crippen LogP contribution in [-0.2, 0) is 9.47 Å². The number of fused-ring (bicyclic) bond motifs is 1. The van der Waals surface area contributed by atoms with E-state index >= 15 is 0 Å². The SMILES string of the molecule is CN=C(NCCCOc1ccc2ccccc2c1)NCCCOC1CCOCC1. The minimum Gasteiger partial charge on any atom is -0.494 e. The summed E-state index contributed by atoms with van der Waals surface area (Å²) in [4.78, 5) is 4.26. The first kappa shape index (κ1) is 21.4. The highest BCUT2D eigenvalue weighted by atomic mass is 16.5. The summed E-state index contributed by atoms with van der Waals surface area (Å²) in [6, 6.07) is 14.5. The van der Waals surface area contributed by atoms with Gasteiger partial charge >= 0.3 is 0 Å². The molecule has 1 fully saturated rings. The molecule has 1 heterocycles. The second kappa shape index (κ2) is 12.3. The fourth-order valence-electron chi connectivity index (χ4n) is 3.32. The van der Waals surface area contributed by atoms with Gasteiger partial charge in [-0.3, -0.25) is 4.99 Å². The van der Waals surface area contributed by atoms with Gasteiger partial charge in [-0.15, -0.1) is 0 Å². The number of hydrogen-bond acceptors (Lipinski definition) is 4. The van der Waals surface area contributed by atoms with E-state index in [1.165, 1.54) is 10.8 Å². The lowest BCUT2D eigenvalue weighted by Crippen LogP contribution is -2.39. The molecule has 0 aliphatic carbocycles. The molecule has 0 atom stereocenters. The second-order valence-electron chi connectivity index (χ2n) is 7.17. The van der Waals surface area contributed by atoms with E-state index in [4.69, 9.17) is 14.2 Å². The fourth-order valence-corrected chi connectivity index (χ4v) is 3.32. The molecular weight excluding hydrogens is 366 g/mol. The summed E-state index contributed by atoms with van der Waals surface area (Å²) in [5, 5.41) is 9.09. The van der Waals surface area contributed by atoms with E-state index in [0.29, 0.717) is 12.7 Å². The number of hydrogen-bond donors (Lipinski definition) is 2. The van der Waals surface area contributed by atoms with Crippen LogP contribution in [0, 0.1) is 0 Å². The Morgan fingerprint density at radius 1 is 1.00 bits per heavy atom. The zero-order valence-corrected chi connectivity index (χ0v) is 17.4. The molecule has 0 bridgehead atoms. The zero-order chi connectivity index (χ0) is 20.2. The highest BCUT2D eigenvalue weighted by Gasteiger charge is 2.13. The molecular formula is C23H33N3O3. The van der Waals surface area contributed by atoms with Crippen molar-refractivity contribution in [2.75, 3.05) is 46.6 Å². The molecule has 2 N–H and O–H groups in total. The van der Waals surface area contributed by atoms with Crippen molar-refractivity contribution >= 4 is 16.7 Å². The van der Waals surface area contributed by atoms with E-state index in [9.17, 15) is 0 Å². The lowest BCUT2D eigenvalue weighted by atomic mass is 10.1. The van der Waals surface area contributed by atoms with Crippen molar-refractivity contribution in [3.8, 4) is 5.75 Å². The fraction of sp³-hybridized carbons (Fsp3) is 0.522. The average Bonchev–Trinajstić information content (AvgIpc) is 2.78. The predicted octanol–water partition coefficient (Wildman–Crippen LogP) is 3.36. The highest BCUT2D eigenvalue weighted by molar-refractivity contribution is 5.83. The van der Waals surface area contributed by atoms with Crippen molar-refractivity contribution in [3.05, 3.63) is 42.5 Å². The minimum absolute atomic E-state index is 0.365. The van der Waals surface area contributed by atoms with Gasteiger partial charge in [0.1, 0.15) is 5.75 Å². The molecule has 3 rings (SSSR count). The Balaban J connectivity index is 1.23. The number of nitrogens with one attached hydrogen (secondary N) is 2. The van der Waals surface area contributed by atoms with Crippen LogP contribution in [0.4, 0.5) is 0 Å². The summed E-state index contributed by atoms with van der Waals surface area (Å²) in [5.41, 5.74) is 0. The number of guanidine groups is 1. The van der Waals surface area contributed by atoms with Gasteiger partial charge in [-0.2, -0.15) is 0 Å². The number of rotatable bonds is 10. The summed E-state index contributed by atoms with van der Waals surface area (Å²) in [5.74, 6) is 1.73. The molecule has 1 aliphatic rings. The first-order valence-corrected chi connectivity index (χ1v) is 10.6. The summed E-state index contributed by atoms with van der Waals surface area (Å²) >= 11 is 0. The van der Waals surface area contributed by atoms with Crippen LogP contribution in [0.1, 0.15) is 25.7 Å². The molecule has 6 heteroatoms. The van der Waals surface area contributed by atoms with Crippen molar-refractivity contribution < 1.29 is 14.2 Å². The highest BCUT2D eigenvalue weighted by Crippen LogP contribution is 2.20. The molecule has 0 unspecified atom stereocenters. The van der Waals surface area contributed by atoms with Crippen LogP contribution in [0.15, 0.2) is 47.5 Å². The molecule has 6 nitrogen and oxygen atoms in total. The Morgan fingerprint density at radius 2 is 1.72 bits per heavy atom. The van der Waals surface area contributed by atoms with E-state index in [1.54, 1.807) is 7.05 Å². The molecule has 29 heavy (non-hydrogen) atoms. The zero-order valence-electron chi connectivity index (χ0n) is 17.4. The molecule has 0 saturated carbocycles. The van der Waals surface area contributed by atoms with Gasteiger partial charge < -0.3 is 24.8 Å². The Bertz CT molecular complexity index is 760. The molecule has 158 valence electrons. The summed E-state index contributed by atoms with van der Waals surface area (Å²) in [6.45, 7) is 4.74.